The fourth-order valence-corrected chi connectivity index (χ4v) is 5.49. The molecule has 4 N–H and O–H groups in total. The number of carbonyl (C=O) groups is 1. The predicted molar refractivity (Wildman–Crippen MR) is 143 cm³/mol. The molecular formula is C26H33FN3O10P. The number of aromatic nitrogens is 2. The van der Waals surface area contributed by atoms with Crippen LogP contribution < -0.4 is 20.9 Å². The van der Waals surface area contributed by atoms with E-state index in [0.29, 0.717) is 17.4 Å². The minimum absolute atomic E-state index is 0.0343. The molecule has 1 saturated carbocycles. The molecule has 0 amide bonds. The van der Waals surface area contributed by atoms with Crippen molar-refractivity contribution in [2.45, 2.75) is 69.4 Å². The number of aliphatic hydroxyl groups excluding tert-OH is 2. The zero-order valence-electron chi connectivity index (χ0n) is 22.3. The van der Waals surface area contributed by atoms with Crippen LogP contribution >= 0.6 is 7.75 Å². The van der Waals surface area contributed by atoms with Crippen molar-refractivity contribution in [3.8, 4) is 18.1 Å². The van der Waals surface area contributed by atoms with Crippen molar-refractivity contribution in [3.05, 3.63) is 63.4 Å². The summed E-state index contributed by atoms with van der Waals surface area (Å²) in [5.74, 6) is -2.35. The van der Waals surface area contributed by atoms with Crippen LogP contribution in [-0.4, -0.2) is 63.1 Å². The normalized spacial score (nSPS) is 19.1. The average molecular weight is 598 g/mol. The van der Waals surface area contributed by atoms with Crippen molar-refractivity contribution < 1.29 is 42.5 Å². The van der Waals surface area contributed by atoms with Gasteiger partial charge in [-0.1, -0.05) is 30.5 Å². The molecule has 41 heavy (non-hydrogen) atoms. The maximum atomic E-state index is 16.1. The van der Waals surface area contributed by atoms with Crippen molar-refractivity contribution in [2.24, 2.45) is 0 Å². The molecule has 1 aromatic carbocycles. The van der Waals surface area contributed by atoms with Crippen LogP contribution in [0.5, 0.6) is 5.75 Å². The van der Waals surface area contributed by atoms with Crippen molar-refractivity contribution in [1.29, 1.82) is 0 Å². The molecule has 1 aliphatic carbocycles. The first kappa shape index (κ1) is 32.2. The van der Waals surface area contributed by atoms with E-state index in [4.69, 9.17) is 24.9 Å². The number of carbonyl (C=O) groups excluding carboxylic acids is 1. The van der Waals surface area contributed by atoms with Gasteiger partial charge >= 0.3 is 19.4 Å². The number of aliphatic hydroxyl groups is 2. The van der Waals surface area contributed by atoms with E-state index >= 15 is 4.39 Å². The Labute approximate surface area is 235 Å². The van der Waals surface area contributed by atoms with Crippen LogP contribution in [-0.2, 0) is 23.4 Å². The Hall–Kier alpha value is -3.31. The molecule has 0 saturated heterocycles. The molecule has 0 radical (unpaired) electrons. The van der Waals surface area contributed by atoms with E-state index in [1.165, 1.54) is 19.1 Å². The molecule has 5 atom stereocenters. The second-order valence-electron chi connectivity index (χ2n) is 9.35. The van der Waals surface area contributed by atoms with Crippen molar-refractivity contribution in [1.82, 2.24) is 14.6 Å². The highest BCUT2D eigenvalue weighted by Crippen LogP contribution is 2.46. The van der Waals surface area contributed by atoms with Crippen LogP contribution in [0.3, 0.4) is 0 Å². The summed E-state index contributed by atoms with van der Waals surface area (Å²) in [6.07, 6.45) is 5.94. The zero-order valence-corrected chi connectivity index (χ0v) is 23.2. The number of hydrogen-bond donors (Lipinski definition) is 4. The van der Waals surface area contributed by atoms with E-state index in [1.807, 2.05) is 4.98 Å². The van der Waals surface area contributed by atoms with E-state index in [-0.39, 0.29) is 11.9 Å². The maximum absolute atomic E-state index is 16.1. The van der Waals surface area contributed by atoms with Gasteiger partial charge in [0.1, 0.15) is 24.5 Å². The summed E-state index contributed by atoms with van der Waals surface area (Å²) in [4.78, 5) is 38.2. The lowest BCUT2D eigenvalue weighted by Crippen LogP contribution is -2.48. The molecule has 1 fully saturated rings. The second kappa shape index (κ2) is 14.5. The van der Waals surface area contributed by atoms with Gasteiger partial charge in [0, 0.05) is 12.3 Å². The van der Waals surface area contributed by atoms with Crippen LogP contribution in [0.4, 0.5) is 4.39 Å². The molecule has 1 heterocycles. The molecule has 3 rings (SSSR count). The Kier molecular flexibility index (Phi) is 11.4. The smallest absolute Gasteiger partial charge is 0.459 e. The molecule has 13 nitrogen and oxygen atoms in total. The van der Waals surface area contributed by atoms with Crippen LogP contribution in [0.15, 0.2) is 52.2 Å². The summed E-state index contributed by atoms with van der Waals surface area (Å²) >= 11 is 0. The number of hydrogen-bond acceptors (Lipinski definition) is 10. The first-order chi connectivity index (χ1) is 19.5. The summed E-state index contributed by atoms with van der Waals surface area (Å²) < 4.78 is 51.9. The molecule has 1 aliphatic rings. The van der Waals surface area contributed by atoms with Gasteiger partial charge in [-0.2, -0.15) is 5.09 Å². The first-order valence-electron chi connectivity index (χ1n) is 12.9. The Morgan fingerprint density at radius 3 is 2.56 bits per heavy atom. The monoisotopic (exact) mass is 597 g/mol. The number of H-pyrrole nitrogens is 1. The summed E-state index contributed by atoms with van der Waals surface area (Å²) in [6, 6.07) is 7.35. The lowest BCUT2D eigenvalue weighted by atomic mass is 9.98. The molecule has 0 spiro atoms. The van der Waals surface area contributed by atoms with E-state index in [9.17, 15) is 29.2 Å². The second-order valence-corrected chi connectivity index (χ2v) is 11.0. The minimum atomic E-state index is -4.62. The fraction of sp³-hybridized carbons (Fsp3) is 0.500. The van der Waals surface area contributed by atoms with E-state index in [2.05, 4.69) is 5.09 Å². The third kappa shape index (κ3) is 9.09. The number of rotatable bonds is 14. The van der Waals surface area contributed by atoms with Crippen molar-refractivity contribution in [3.63, 3.8) is 0 Å². The number of benzene rings is 1. The predicted octanol–water partition coefficient (Wildman–Crippen LogP) is 1.76. The summed E-state index contributed by atoms with van der Waals surface area (Å²) in [6.45, 7) is -1.00. The van der Waals surface area contributed by atoms with E-state index in [0.717, 1.165) is 31.5 Å². The van der Waals surface area contributed by atoms with Gasteiger partial charge in [-0.25, -0.2) is 13.8 Å². The molecule has 1 aromatic heterocycles. The number of esters is 1. The van der Waals surface area contributed by atoms with E-state index < -0.39 is 62.4 Å². The molecule has 15 heteroatoms. The number of aromatic amines is 1. The van der Waals surface area contributed by atoms with Gasteiger partial charge in [0.25, 0.3) is 11.4 Å². The highest BCUT2D eigenvalue weighted by atomic mass is 31.2. The number of para-hydroxylation sites is 1. The van der Waals surface area contributed by atoms with Crippen molar-refractivity contribution in [2.75, 3.05) is 13.2 Å². The number of terminal acetylenes is 1. The third-order valence-corrected chi connectivity index (χ3v) is 7.78. The summed E-state index contributed by atoms with van der Waals surface area (Å²) in [7, 11) is -4.62. The lowest BCUT2D eigenvalue weighted by Gasteiger charge is -2.33. The first-order valence-corrected chi connectivity index (χ1v) is 14.4. The van der Waals surface area contributed by atoms with E-state index in [1.54, 1.807) is 24.1 Å². The topological polar surface area (TPSA) is 178 Å². The molecule has 224 valence electrons. The number of ether oxygens (including phenoxy) is 2. The molecule has 2 aromatic rings. The number of alkyl halides is 1. The Balaban J connectivity index is 1.83. The molecule has 0 aliphatic heterocycles. The molecule has 0 bridgehead atoms. The Bertz CT molecular complexity index is 1360. The quantitative estimate of drug-likeness (QED) is 0.142. The highest BCUT2D eigenvalue weighted by molar-refractivity contribution is 7.52. The number of halogens is 1. The van der Waals surface area contributed by atoms with Gasteiger partial charge in [-0.15, -0.1) is 6.42 Å². The summed E-state index contributed by atoms with van der Waals surface area (Å²) in [5, 5.41) is 22.4. The third-order valence-electron chi connectivity index (χ3n) is 6.16. The van der Waals surface area contributed by atoms with Crippen LogP contribution in [0, 0.1) is 12.3 Å². The molecule has 2 unspecified atom stereocenters. The van der Waals surface area contributed by atoms with Crippen molar-refractivity contribution >= 4 is 13.7 Å². The molecular weight excluding hydrogens is 564 g/mol. The van der Waals surface area contributed by atoms with Crippen LogP contribution in [0.2, 0.25) is 0 Å². The van der Waals surface area contributed by atoms with Gasteiger partial charge in [-0.05, 0) is 44.7 Å². The Morgan fingerprint density at radius 2 is 1.95 bits per heavy atom. The van der Waals surface area contributed by atoms with Gasteiger partial charge in [0.2, 0.25) is 0 Å². The zero-order chi connectivity index (χ0) is 30.0. The largest absolute Gasteiger partial charge is 0.461 e. The van der Waals surface area contributed by atoms with Gasteiger partial charge in [0.05, 0.1) is 6.61 Å². The standard InChI is InChI=1S/C26H33FN3O10P/c1-3-21(32)26(27,39-23(16-31)30-15-14-22(33)28-25(30)35)17-37-41(36,40-20-12-8-5-9-13-20)29-18(2)24(34)38-19-10-6-4-7-11-19/h1,5,8-9,12-15,18-19,21,23,31-32H,4,6-7,10-11,16-17H2,2H3,(H,29,36)(H,28,33,35)/t18?,21-,23+,26+,41?/m0/s1. The van der Waals surface area contributed by atoms with Gasteiger partial charge in [0.15, 0.2) is 12.3 Å². The lowest BCUT2D eigenvalue weighted by molar-refractivity contribution is -0.256. The van der Waals surface area contributed by atoms with Gasteiger partial charge < -0.3 is 24.2 Å². The number of nitrogens with one attached hydrogen (secondary N) is 2. The minimum Gasteiger partial charge on any atom is -0.461 e. The van der Waals surface area contributed by atoms with Crippen LogP contribution in [0.25, 0.3) is 0 Å². The van der Waals surface area contributed by atoms with Crippen LogP contribution in [0.1, 0.15) is 45.3 Å². The average Bonchev–Trinajstić information content (AvgIpc) is 2.95. The Morgan fingerprint density at radius 1 is 1.27 bits per heavy atom. The van der Waals surface area contributed by atoms with Gasteiger partial charge in [-0.3, -0.25) is 23.7 Å². The number of nitrogens with zero attached hydrogens (tertiary/aromatic N) is 1. The SMILES string of the molecule is C#C[C@H](O)[C@@](F)(COP(=O)(NC(C)C(=O)OC1CCCCC1)Oc1ccccc1)O[C@H](CO)n1ccc(=O)[nH]c1=O. The highest BCUT2D eigenvalue weighted by Gasteiger charge is 2.45. The fourth-order valence-electron chi connectivity index (χ4n) is 3.99. The summed E-state index contributed by atoms with van der Waals surface area (Å²) in [5.41, 5.74) is -1.82. The maximum Gasteiger partial charge on any atom is 0.459 e.